The molecule has 23 heavy (non-hydrogen) atoms. The zero-order chi connectivity index (χ0) is 16.6. The molecule has 0 radical (unpaired) electrons. The Morgan fingerprint density at radius 3 is 2.87 bits per heavy atom. The number of ether oxygens (including phenoxy) is 1. The van der Waals surface area contributed by atoms with E-state index in [4.69, 9.17) is 0 Å². The van der Waals surface area contributed by atoms with Gasteiger partial charge in [-0.3, -0.25) is 10.1 Å². The topological polar surface area (TPSA) is 103 Å². The van der Waals surface area contributed by atoms with Crippen LogP contribution in [0.5, 0.6) is 0 Å². The molecule has 1 aromatic heterocycles. The van der Waals surface area contributed by atoms with Crippen LogP contribution >= 0.6 is 15.9 Å². The van der Waals surface area contributed by atoms with Crippen LogP contribution in [0.2, 0.25) is 0 Å². The lowest BCUT2D eigenvalue weighted by molar-refractivity contribution is -0.385. The summed E-state index contributed by atoms with van der Waals surface area (Å²) in [6.45, 7) is 1.84. The number of nitro groups is 1. The third kappa shape index (κ3) is 2.77. The molecule has 0 saturated heterocycles. The molecule has 3 rings (SSSR count). The molecule has 1 aliphatic rings. The Balaban J connectivity index is 1.95. The number of rotatable bonds is 3. The lowest BCUT2D eigenvalue weighted by atomic mass is 10.1. The largest absolute Gasteiger partial charge is 0.465 e. The number of methoxy groups -OCH3 is 1. The normalized spacial score (nSPS) is 13.6. The van der Waals surface area contributed by atoms with Crippen LogP contribution in [-0.4, -0.2) is 39.3 Å². The fourth-order valence-electron chi connectivity index (χ4n) is 2.50. The van der Waals surface area contributed by atoms with Crippen molar-refractivity contribution in [2.45, 2.75) is 13.1 Å². The number of hydrogen-bond donors (Lipinski definition) is 0. The van der Waals surface area contributed by atoms with Crippen LogP contribution in [0.1, 0.15) is 16.2 Å². The summed E-state index contributed by atoms with van der Waals surface area (Å²) in [6, 6.07) is 4.41. The van der Waals surface area contributed by atoms with Gasteiger partial charge in [-0.25, -0.2) is 4.79 Å². The Hall–Kier alpha value is -2.49. The second kappa shape index (κ2) is 5.95. The smallest absolute Gasteiger partial charge is 0.344 e. The number of aromatic nitrogens is 3. The molecule has 1 aliphatic heterocycles. The zero-order valence-corrected chi connectivity index (χ0v) is 13.7. The first-order chi connectivity index (χ1) is 11.0. The van der Waals surface area contributed by atoms with Gasteiger partial charge in [0.1, 0.15) is 5.56 Å². The molecule has 0 atom stereocenters. The number of benzene rings is 1. The fourth-order valence-corrected chi connectivity index (χ4v) is 2.96. The Bertz CT molecular complexity index is 791. The van der Waals surface area contributed by atoms with Gasteiger partial charge in [0.2, 0.25) is 0 Å². The third-order valence-electron chi connectivity index (χ3n) is 3.66. The highest BCUT2D eigenvalue weighted by Gasteiger charge is 2.25. The minimum absolute atomic E-state index is 0.0665. The van der Waals surface area contributed by atoms with Gasteiger partial charge in [-0.1, -0.05) is 0 Å². The van der Waals surface area contributed by atoms with E-state index in [1.165, 1.54) is 19.2 Å². The van der Waals surface area contributed by atoms with E-state index < -0.39 is 10.9 Å². The molecule has 10 heteroatoms. The summed E-state index contributed by atoms with van der Waals surface area (Å²) in [5, 5.41) is 19.1. The predicted molar refractivity (Wildman–Crippen MR) is 83.2 cm³/mol. The number of anilines is 1. The lowest BCUT2D eigenvalue weighted by Gasteiger charge is -2.29. The highest BCUT2D eigenvalue weighted by atomic mass is 79.9. The molecule has 0 saturated carbocycles. The summed E-state index contributed by atoms with van der Waals surface area (Å²) in [6.07, 6.45) is 0. The summed E-state index contributed by atoms with van der Waals surface area (Å²) in [7, 11) is 1.19. The number of carbonyl (C=O) groups excluding carboxylic acids is 1. The first-order valence-corrected chi connectivity index (χ1v) is 7.50. The molecule has 2 aromatic rings. The maximum absolute atomic E-state index is 11.8. The van der Waals surface area contributed by atoms with Gasteiger partial charge in [-0.15, -0.1) is 10.2 Å². The van der Waals surface area contributed by atoms with Crippen molar-refractivity contribution in [2.24, 2.45) is 0 Å². The summed E-state index contributed by atoms with van der Waals surface area (Å²) >= 11 is 3.33. The van der Waals surface area contributed by atoms with E-state index >= 15 is 0 Å². The molecular weight excluding hydrogens is 370 g/mol. The van der Waals surface area contributed by atoms with Gasteiger partial charge in [0.25, 0.3) is 5.69 Å². The van der Waals surface area contributed by atoms with Crippen molar-refractivity contribution in [1.29, 1.82) is 0 Å². The number of nitrogens with zero attached hydrogens (tertiary/aromatic N) is 5. The van der Waals surface area contributed by atoms with E-state index in [-0.39, 0.29) is 11.3 Å². The van der Waals surface area contributed by atoms with Gasteiger partial charge in [-0.2, -0.15) is 0 Å². The second-order valence-electron chi connectivity index (χ2n) is 4.91. The SMILES string of the molecule is COC(=O)c1cc(N2CCn3c(Br)nnc3C2)ccc1[N+](=O)[O-]. The number of hydrogen-bond acceptors (Lipinski definition) is 7. The quantitative estimate of drug-likeness (QED) is 0.453. The molecule has 1 aromatic carbocycles. The van der Waals surface area contributed by atoms with Gasteiger partial charge in [-0.05, 0) is 28.1 Å². The van der Waals surface area contributed by atoms with Crippen molar-refractivity contribution < 1.29 is 14.5 Å². The highest BCUT2D eigenvalue weighted by molar-refractivity contribution is 9.10. The fraction of sp³-hybridized carbons (Fsp3) is 0.308. The molecule has 2 heterocycles. The van der Waals surface area contributed by atoms with Crippen LogP contribution in [0.25, 0.3) is 0 Å². The molecule has 0 bridgehead atoms. The first kappa shape index (κ1) is 15.4. The average molecular weight is 382 g/mol. The number of halogens is 1. The minimum Gasteiger partial charge on any atom is -0.465 e. The number of nitro benzene ring substituents is 1. The minimum atomic E-state index is -0.735. The average Bonchev–Trinajstić information content (AvgIpc) is 2.94. The molecule has 9 nitrogen and oxygen atoms in total. The van der Waals surface area contributed by atoms with Crippen molar-refractivity contribution in [1.82, 2.24) is 14.8 Å². The molecular formula is C13H12BrN5O4. The maximum atomic E-state index is 11.8. The standard InChI is InChI=1S/C13H12BrN5O4/c1-23-12(20)9-6-8(2-3-10(9)19(21)22)17-4-5-18-11(7-17)15-16-13(18)14/h2-3,6H,4-5,7H2,1H3. The Kier molecular flexibility index (Phi) is 3.99. The van der Waals surface area contributed by atoms with Crippen LogP contribution in [0.3, 0.4) is 0 Å². The molecule has 0 spiro atoms. The van der Waals surface area contributed by atoms with Crippen LogP contribution in [0.4, 0.5) is 11.4 Å². The van der Waals surface area contributed by atoms with Crippen molar-refractivity contribution in [3.05, 3.63) is 44.4 Å². The zero-order valence-electron chi connectivity index (χ0n) is 12.1. The van der Waals surface area contributed by atoms with Crippen molar-refractivity contribution in [3.8, 4) is 0 Å². The number of carbonyl (C=O) groups is 1. The van der Waals surface area contributed by atoms with Crippen LogP contribution in [0, 0.1) is 10.1 Å². The Morgan fingerprint density at radius 2 is 2.17 bits per heavy atom. The van der Waals surface area contributed by atoms with Gasteiger partial charge in [0.15, 0.2) is 10.6 Å². The summed E-state index contributed by atoms with van der Waals surface area (Å²) < 4.78 is 7.25. The van der Waals surface area contributed by atoms with Gasteiger partial charge < -0.3 is 14.2 Å². The van der Waals surface area contributed by atoms with Gasteiger partial charge in [0.05, 0.1) is 18.6 Å². The van der Waals surface area contributed by atoms with Crippen molar-refractivity contribution in [2.75, 3.05) is 18.6 Å². The van der Waals surface area contributed by atoms with E-state index in [1.807, 2.05) is 9.47 Å². The molecule has 120 valence electrons. The Morgan fingerprint density at radius 1 is 1.39 bits per heavy atom. The molecule has 0 fully saturated rings. The maximum Gasteiger partial charge on any atom is 0.344 e. The lowest BCUT2D eigenvalue weighted by Crippen LogP contribution is -2.34. The summed E-state index contributed by atoms with van der Waals surface area (Å²) in [4.78, 5) is 24.2. The highest BCUT2D eigenvalue weighted by Crippen LogP contribution is 2.28. The van der Waals surface area contributed by atoms with E-state index in [0.717, 1.165) is 5.82 Å². The van der Waals surface area contributed by atoms with Crippen molar-refractivity contribution in [3.63, 3.8) is 0 Å². The van der Waals surface area contributed by atoms with E-state index in [1.54, 1.807) is 6.07 Å². The second-order valence-corrected chi connectivity index (χ2v) is 5.62. The molecule has 0 unspecified atom stereocenters. The van der Waals surface area contributed by atoms with Gasteiger partial charge >= 0.3 is 5.97 Å². The third-order valence-corrected chi connectivity index (χ3v) is 4.24. The van der Waals surface area contributed by atoms with Crippen LogP contribution in [0.15, 0.2) is 22.9 Å². The summed E-state index contributed by atoms with van der Waals surface area (Å²) in [5.41, 5.74) is 0.355. The number of esters is 1. The molecule has 0 aliphatic carbocycles. The molecule has 0 N–H and O–H groups in total. The molecule has 0 amide bonds. The van der Waals surface area contributed by atoms with E-state index in [9.17, 15) is 14.9 Å². The predicted octanol–water partition coefficient (Wildman–Crippen LogP) is 1.76. The van der Waals surface area contributed by atoms with Crippen LogP contribution in [-0.2, 0) is 17.8 Å². The monoisotopic (exact) mass is 381 g/mol. The van der Waals surface area contributed by atoms with Crippen molar-refractivity contribution >= 4 is 33.3 Å². The van der Waals surface area contributed by atoms with E-state index in [0.29, 0.717) is 30.1 Å². The Labute approximate surface area is 139 Å². The van der Waals surface area contributed by atoms with E-state index in [2.05, 4.69) is 30.9 Å². The van der Waals surface area contributed by atoms with Crippen LogP contribution < -0.4 is 4.90 Å². The summed E-state index contributed by atoms with van der Waals surface area (Å²) in [5.74, 6) is 0.0440. The first-order valence-electron chi connectivity index (χ1n) is 6.70. The number of fused-ring (bicyclic) bond motifs is 1. The van der Waals surface area contributed by atoms with Gasteiger partial charge in [0, 0.05) is 24.8 Å².